The van der Waals surface area contributed by atoms with E-state index < -0.39 is 0 Å². The molecule has 5 rings (SSSR count). The highest BCUT2D eigenvalue weighted by molar-refractivity contribution is 6.58. The number of rotatable bonds is 0. The number of benzene rings is 3. The molecule has 0 N–H and O–H groups in total. The minimum Gasteiger partial charge on any atom is -0.285 e. The van der Waals surface area contributed by atoms with Crippen LogP contribution in [0.4, 0.5) is 0 Å². The molecule has 2 aliphatic carbocycles. The molecular formula is C18H10O2. The number of hydrogen-bond donors (Lipinski definition) is 0. The highest BCUT2D eigenvalue weighted by Gasteiger charge is 2.32. The van der Waals surface area contributed by atoms with Crippen molar-refractivity contribution in [3.05, 3.63) is 52.2 Å². The van der Waals surface area contributed by atoms with Crippen LogP contribution in [0, 0.1) is 0 Å². The van der Waals surface area contributed by atoms with Crippen LogP contribution in [0.15, 0.2) is 30.3 Å². The van der Waals surface area contributed by atoms with Crippen LogP contribution >= 0.6 is 0 Å². The van der Waals surface area contributed by atoms with Crippen molar-refractivity contribution in [2.24, 2.45) is 0 Å². The molecule has 2 aliphatic rings. The standard InChI is InChI=1S/C18H10O2/c19-17-12-7-6-10-5-4-9-2-1-3-11-8-13(18(17)20)16(12)15(10)14(9)11/h2,4-8H,1,3H2. The lowest BCUT2D eigenvalue weighted by Crippen LogP contribution is -2.11. The van der Waals surface area contributed by atoms with Crippen molar-refractivity contribution in [3.63, 3.8) is 0 Å². The van der Waals surface area contributed by atoms with Crippen molar-refractivity contribution < 1.29 is 9.59 Å². The van der Waals surface area contributed by atoms with Crippen molar-refractivity contribution >= 4 is 39.2 Å². The number of carbonyl (C=O) groups excluding carboxylic acids is 2. The SMILES string of the molecule is O=C1C(=O)c2cc3c4c(ccc5ccc1c2c54)=CCC3. The van der Waals surface area contributed by atoms with Gasteiger partial charge in [-0.15, -0.1) is 0 Å². The van der Waals surface area contributed by atoms with Crippen molar-refractivity contribution in [3.8, 4) is 0 Å². The van der Waals surface area contributed by atoms with Gasteiger partial charge in [-0.1, -0.05) is 24.3 Å². The fourth-order valence-electron chi connectivity index (χ4n) is 3.74. The van der Waals surface area contributed by atoms with E-state index in [1.807, 2.05) is 12.1 Å². The van der Waals surface area contributed by atoms with Gasteiger partial charge in [-0.25, -0.2) is 0 Å². The molecule has 0 amide bonds. The summed E-state index contributed by atoms with van der Waals surface area (Å²) in [6, 6.07) is 9.93. The summed E-state index contributed by atoms with van der Waals surface area (Å²) in [5.41, 5.74) is 2.39. The summed E-state index contributed by atoms with van der Waals surface area (Å²) < 4.78 is 0. The molecule has 2 nitrogen and oxygen atoms in total. The summed E-state index contributed by atoms with van der Waals surface area (Å²) in [7, 11) is 0. The fourth-order valence-corrected chi connectivity index (χ4v) is 3.74. The molecule has 0 atom stereocenters. The Labute approximate surface area is 114 Å². The minimum atomic E-state index is -0.353. The zero-order valence-electron chi connectivity index (χ0n) is 10.7. The van der Waals surface area contributed by atoms with Gasteiger partial charge in [0.15, 0.2) is 0 Å². The quantitative estimate of drug-likeness (QED) is 0.581. The summed E-state index contributed by atoms with van der Waals surface area (Å²) in [5.74, 6) is -0.695. The van der Waals surface area contributed by atoms with Gasteiger partial charge in [0, 0.05) is 16.5 Å². The third kappa shape index (κ3) is 0.989. The Morgan fingerprint density at radius 3 is 2.50 bits per heavy atom. The van der Waals surface area contributed by atoms with Crippen molar-refractivity contribution in [1.29, 1.82) is 0 Å². The van der Waals surface area contributed by atoms with Gasteiger partial charge in [0.2, 0.25) is 11.6 Å². The zero-order chi connectivity index (χ0) is 13.4. The topological polar surface area (TPSA) is 34.1 Å². The second kappa shape index (κ2) is 3.15. The molecule has 0 saturated carbocycles. The maximum Gasteiger partial charge on any atom is 0.234 e. The first-order valence-corrected chi connectivity index (χ1v) is 6.86. The molecule has 94 valence electrons. The van der Waals surface area contributed by atoms with E-state index in [0.717, 1.165) is 29.0 Å². The average Bonchev–Trinajstić information content (AvgIpc) is 2.73. The van der Waals surface area contributed by atoms with Crippen LogP contribution in [0.1, 0.15) is 32.7 Å². The largest absolute Gasteiger partial charge is 0.285 e. The minimum absolute atomic E-state index is 0.342. The molecule has 0 aromatic heterocycles. The lowest BCUT2D eigenvalue weighted by Gasteiger charge is -2.15. The molecule has 0 bridgehead atoms. The number of carbonyl (C=O) groups is 2. The first-order chi connectivity index (χ1) is 9.75. The third-order valence-electron chi connectivity index (χ3n) is 4.60. The van der Waals surface area contributed by atoms with E-state index in [-0.39, 0.29) is 11.6 Å². The van der Waals surface area contributed by atoms with E-state index in [2.05, 4.69) is 18.2 Å². The second-order valence-corrected chi connectivity index (χ2v) is 5.60. The van der Waals surface area contributed by atoms with Gasteiger partial charge in [-0.05, 0) is 51.9 Å². The second-order valence-electron chi connectivity index (χ2n) is 5.60. The molecule has 0 spiro atoms. The van der Waals surface area contributed by atoms with Gasteiger partial charge < -0.3 is 0 Å². The fraction of sp³-hybridized carbons (Fsp3) is 0.111. The maximum atomic E-state index is 12.2. The molecule has 20 heavy (non-hydrogen) atoms. The molecule has 2 heteroatoms. The first kappa shape index (κ1) is 10.3. The van der Waals surface area contributed by atoms with Crippen LogP contribution in [-0.4, -0.2) is 11.6 Å². The van der Waals surface area contributed by atoms with Gasteiger partial charge in [0.1, 0.15) is 0 Å². The molecule has 0 fully saturated rings. The summed E-state index contributed by atoms with van der Waals surface area (Å²) in [6.45, 7) is 0. The Bertz CT molecular complexity index is 1020. The maximum absolute atomic E-state index is 12.2. The molecule has 3 aromatic rings. The smallest absolute Gasteiger partial charge is 0.234 e. The first-order valence-electron chi connectivity index (χ1n) is 6.86. The molecule has 0 aliphatic heterocycles. The predicted molar refractivity (Wildman–Crippen MR) is 78.1 cm³/mol. The number of ketones is 2. The summed E-state index contributed by atoms with van der Waals surface area (Å²) in [5, 5.41) is 5.55. The average molecular weight is 258 g/mol. The highest BCUT2D eigenvalue weighted by atomic mass is 16.2. The predicted octanol–water partition coefficient (Wildman–Crippen LogP) is 2.82. The van der Waals surface area contributed by atoms with Crippen molar-refractivity contribution in [1.82, 2.24) is 0 Å². The van der Waals surface area contributed by atoms with Gasteiger partial charge >= 0.3 is 0 Å². The lowest BCUT2D eigenvalue weighted by atomic mass is 9.88. The number of hydrogen-bond acceptors (Lipinski definition) is 2. The van der Waals surface area contributed by atoms with Crippen LogP contribution in [-0.2, 0) is 6.42 Å². The molecule has 0 radical (unpaired) electrons. The van der Waals surface area contributed by atoms with Crippen LogP contribution in [0.25, 0.3) is 27.6 Å². The molecule has 0 saturated heterocycles. The summed E-state index contributed by atoms with van der Waals surface area (Å²) >= 11 is 0. The van der Waals surface area contributed by atoms with E-state index >= 15 is 0 Å². The van der Waals surface area contributed by atoms with Gasteiger partial charge in [0.25, 0.3) is 0 Å². The van der Waals surface area contributed by atoms with E-state index in [9.17, 15) is 9.59 Å². The van der Waals surface area contributed by atoms with Crippen LogP contribution in [0.5, 0.6) is 0 Å². The monoisotopic (exact) mass is 258 g/mol. The van der Waals surface area contributed by atoms with E-state index in [4.69, 9.17) is 0 Å². The van der Waals surface area contributed by atoms with Crippen LogP contribution in [0.3, 0.4) is 0 Å². The molecule has 3 aromatic carbocycles. The van der Waals surface area contributed by atoms with Crippen molar-refractivity contribution in [2.75, 3.05) is 0 Å². The van der Waals surface area contributed by atoms with Gasteiger partial charge in [-0.3, -0.25) is 9.59 Å². The lowest BCUT2D eigenvalue weighted by molar-refractivity contribution is 0.0825. The molecule has 0 heterocycles. The third-order valence-corrected chi connectivity index (χ3v) is 4.60. The Morgan fingerprint density at radius 2 is 1.60 bits per heavy atom. The number of Topliss-reactive ketones (excluding diaryl/α,β-unsaturated/α-hetero) is 2. The Kier molecular flexibility index (Phi) is 1.63. The van der Waals surface area contributed by atoms with E-state index in [0.29, 0.717) is 11.1 Å². The van der Waals surface area contributed by atoms with E-state index in [1.165, 1.54) is 16.2 Å². The normalized spacial score (nSPS) is 16.2. The number of aryl methyl sites for hydroxylation is 1. The van der Waals surface area contributed by atoms with Crippen LogP contribution in [0.2, 0.25) is 0 Å². The molecular weight excluding hydrogens is 248 g/mol. The summed E-state index contributed by atoms with van der Waals surface area (Å²) in [4.78, 5) is 24.3. The Balaban J connectivity index is 2.22. The van der Waals surface area contributed by atoms with Crippen molar-refractivity contribution in [2.45, 2.75) is 12.8 Å². The van der Waals surface area contributed by atoms with Crippen LogP contribution < -0.4 is 5.22 Å². The van der Waals surface area contributed by atoms with Gasteiger partial charge in [-0.2, -0.15) is 0 Å². The summed E-state index contributed by atoms with van der Waals surface area (Å²) in [6.07, 6.45) is 4.19. The Hall–Kier alpha value is -2.48. The zero-order valence-corrected chi connectivity index (χ0v) is 10.7. The molecule has 0 unspecified atom stereocenters. The van der Waals surface area contributed by atoms with E-state index in [1.54, 1.807) is 6.07 Å². The highest BCUT2D eigenvalue weighted by Crippen LogP contribution is 2.38. The van der Waals surface area contributed by atoms with Gasteiger partial charge in [0.05, 0.1) is 0 Å². The Morgan fingerprint density at radius 1 is 0.800 bits per heavy atom.